The van der Waals surface area contributed by atoms with Gasteiger partial charge in [0.1, 0.15) is 11.5 Å². The van der Waals surface area contributed by atoms with Crippen LogP contribution in [0.3, 0.4) is 0 Å². The molecule has 1 aromatic heterocycles. The number of rotatable bonds is 9. The maximum absolute atomic E-state index is 11.1. The van der Waals surface area contributed by atoms with Crippen LogP contribution in [0.5, 0.6) is 5.75 Å². The summed E-state index contributed by atoms with van der Waals surface area (Å²) in [6.45, 7) is 2.29. The van der Waals surface area contributed by atoms with Gasteiger partial charge in [-0.1, -0.05) is 31.0 Å². The van der Waals surface area contributed by atoms with E-state index in [0.29, 0.717) is 5.76 Å². The second-order valence-electron chi connectivity index (χ2n) is 5.15. The zero-order valence-corrected chi connectivity index (χ0v) is 12.5. The third kappa shape index (κ3) is 5.46. The van der Waals surface area contributed by atoms with Crippen molar-refractivity contribution < 1.29 is 13.9 Å². The Labute approximate surface area is 125 Å². The van der Waals surface area contributed by atoms with Gasteiger partial charge in [0.2, 0.25) is 0 Å². The second-order valence-corrected chi connectivity index (χ2v) is 5.15. The first kappa shape index (κ1) is 15.4. The summed E-state index contributed by atoms with van der Waals surface area (Å²) >= 11 is 0. The van der Waals surface area contributed by atoms with E-state index in [4.69, 9.17) is 9.15 Å². The van der Waals surface area contributed by atoms with Crippen molar-refractivity contribution in [2.45, 2.75) is 39.0 Å². The highest BCUT2D eigenvalue weighted by molar-refractivity contribution is 5.91. The topological polar surface area (TPSA) is 39.4 Å². The average molecular weight is 286 g/mol. The first-order valence-corrected chi connectivity index (χ1v) is 7.53. The summed E-state index contributed by atoms with van der Waals surface area (Å²) in [5, 5.41) is 0. The largest absolute Gasteiger partial charge is 0.494 e. The molecule has 0 unspecified atom stereocenters. The summed E-state index contributed by atoms with van der Waals surface area (Å²) in [4.78, 5) is 11.1. The number of hydrogen-bond acceptors (Lipinski definition) is 3. The van der Waals surface area contributed by atoms with E-state index in [1.54, 1.807) is 6.07 Å². The van der Waals surface area contributed by atoms with Gasteiger partial charge in [0.15, 0.2) is 11.5 Å². The molecule has 21 heavy (non-hydrogen) atoms. The van der Waals surface area contributed by atoms with Gasteiger partial charge >= 0.3 is 0 Å². The van der Waals surface area contributed by atoms with Gasteiger partial charge in [-0.25, -0.2) is 0 Å². The van der Waals surface area contributed by atoms with Crippen LogP contribution in [0, 0.1) is 0 Å². The van der Waals surface area contributed by atoms with Gasteiger partial charge < -0.3 is 9.15 Å². The van der Waals surface area contributed by atoms with Crippen molar-refractivity contribution in [2.75, 3.05) is 6.61 Å². The van der Waals surface area contributed by atoms with Crippen LogP contribution in [-0.4, -0.2) is 12.4 Å². The molecule has 3 heteroatoms. The number of ketones is 1. The van der Waals surface area contributed by atoms with Crippen LogP contribution in [0.25, 0.3) is 0 Å². The van der Waals surface area contributed by atoms with Crippen molar-refractivity contribution in [3.05, 3.63) is 54.0 Å². The maximum Gasteiger partial charge on any atom is 0.194 e. The second kappa shape index (κ2) is 8.30. The molecule has 0 radical (unpaired) electrons. The van der Waals surface area contributed by atoms with Gasteiger partial charge in [-0.15, -0.1) is 0 Å². The molecule has 0 aliphatic rings. The predicted molar refractivity (Wildman–Crippen MR) is 82.8 cm³/mol. The molecule has 0 spiro atoms. The Bertz CT molecular complexity index is 543. The van der Waals surface area contributed by atoms with Crippen LogP contribution in [0.15, 0.2) is 46.9 Å². The third-order valence-corrected chi connectivity index (χ3v) is 3.34. The van der Waals surface area contributed by atoms with Gasteiger partial charge in [-0.3, -0.25) is 4.79 Å². The summed E-state index contributed by atoms with van der Waals surface area (Å²) in [5.41, 5.74) is 0. The van der Waals surface area contributed by atoms with E-state index in [2.05, 4.69) is 0 Å². The fraction of sp³-hybridized carbons (Fsp3) is 0.389. The Morgan fingerprint density at radius 3 is 2.48 bits per heavy atom. The van der Waals surface area contributed by atoms with Crippen LogP contribution in [0.4, 0.5) is 0 Å². The first-order valence-electron chi connectivity index (χ1n) is 7.53. The molecule has 0 bridgehead atoms. The average Bonchev–Trinajstić information content (AvgIpc) is 2.96. The Balaban J connectivity index is 1.53. The highest BCUT2D eigenvalue weighted by Crippen LogP contribution is 2.13. The van der Waals surface area contributed by atoms with E-state index in [9.17, 15) is 4.79 Å². The van der Waals surface area contributed by atoms with Gasteiger partial charge in [0, 0.05) is 13.3 Å². The van der Waals surface area contributed by atoms with Gasteiger partial charge in [0.25, 0.3) is 0 Å². The number of carbonyl (C=O) groups is 1. The summed E-state index contributed by atoms with van der Waals surface area (Å²) < 4.78 is 11.1. The van der Waals surface area contributed by atoms with Crippen LogP contribution in [-0.2, 0) is 6.42 Å². The van der Waals surface area contributed by atoms with E-state index in [1.807, 2.05) is 36.4 Å². The fourth-order valence-corrected chi connectivity index (χ4v) is 2.16. The van der Waals surface area contributed by atoms with E-state index in [-0.39, 0.29) is 5.78 Å². The molecule has 3 nitrogen and oxygen atoms in total. The lowest BCUT2D eigenvalue weighted by Crippen LogP contribution is -1.97. The van der Waals surface area contributed by atoms with Crippen LogP contribution < -0.4 is 4.74 Å². The molecule has 1 heterocycles. The minimum Gasteiger partial charge on any atom is -0.494 e. The number of ether oxygens (including phenoxy) is 1. The molecule has 0 saturated heterocycles. The van der Waals surface area contributed by atoms with Gasteiger partial charge in [-0.05, 0) is 37.1 Å². The first-order chi connectivity index (χ1) is 10.3. The van der Waals surface area contributed by atoms with E-state index < -0.39 is 0 Å². The lowest BCUT2D eigenvalue weighted by molar-refractivity contribution is 0.0985. The Kier molecular flexibility index (Phi) is 6.07. The molecule has 0 saturated carbocycles. The number of furan rings is 1. The van der Waals surface area contributed by atoms with Gasteiger partial charge in [0.05, 0.1) is 6.61 Å². The molecule has 112 valence electrons. The molecule has 0 N–H and O–H groups in total. The number of unbranched alkanes of at least 4 members (excludes halogenated alkanes) is 3. The number of benzene rings is 1. The number of carbonyl (C=O) groups excluding carboxylic acids is 1. The van der Waals surface area contributed by atoms with Crippen molar-refractivity contribution in [3.63, 3.8) is 0 Å². The maximum atomic E-state index is 11.1. The molecule has 2 rings (SSSR count). The highest BCUT2D eigenvalue weighted by atomic mass is 16.5. The van der Waals surface area contributed by atoms with E-state index in [1.165, 1.54) is 6.92 Å². The zero-order valence-electron chi connectivity index (χ0n) is 12.5. The molecule has 1 aromatic carbocycles. The summed E-state index contributed by atoms with van der Waals surface area (Å²) in [6.07, 6.45) is 5.33. The van der Waals surface area contributed by atoms with Crippen molar-refractivity contribution in [1.29, 1.82) is 0 Å². The normalized spacial score (nSPS) is 10.5. The Morgan fingerprint density at radius 1 is 1.00 bits per heavy atom. The van der Waals surface area contributed by atoms with Crippen LogP contribution >= 0.6 is 0 Å². The monoisotopic (exact) mass is 286 g/mol. The van der Waals surface area contributed by atoms with Crippen LogP contribution in [0.2, 0.25) is 0 Å². The van der Waals surface area contributed by atoms with Crippen molar-refractivity contribution in [2.24, 2.45) is 0 Å². The highest BCUT2D eigenvalue weighted by Gasteiger charge is 2.05. The third-order valence-electron chi connectivity index (χ3n) is 3.34. The van der Waals surface area contributed by atoms with Crippen molar-refractivity contribution >= 4 is 5.78 Å². The standard InChI is InChI=1S/C18H22O3/c1-15(19)18-13-12-17(21-18)11-5-2-3-8-14-20-16-9-6-4-7-10-16/h4,6-7,9-10,12-13H,2-3,5,8,11,14H2,1H3. The lowest BCUT2D eigenvalue weighted by Gasteiger charge is -2.05. The molecule has 2 aromatic rings. The van der Waals surface area contributed by atoms with Crippen molar-refractivity contribution in [1.82, 2.24) is 0 Å². The summed E-state index contributed by atoms with van der Waals surface area (Å²) in [6, 6.07) is 13.6. The van der Waals surface area contributed by atoms with E-state index in [0.717, 1.165) is 50.2 Å². The molecule has 0 atom stereocenters. The quantitative estimate of drug-likeness (QED) is 0.497. The predicted octanol–water partition coefficient (Wildman–Crippen LogP) is 4.66. The Hall–Kier alpha value is -2.03. The number of aryl methyl sites for hydroxylation is 1. The molecule has 0 amide bonds. The zero-order chi connectivity index (χ0) is 14.9. The minimum absolute atomic E-state index is 0.0145. The smallest absolute Gasteiger partial charge is 0.194 e. The lowest BCUT2D eigenvalue weighted by atomic mass is 10.1. The van der Waals surface area contributed by atoms with Gasteiger partial charge in [-0.2, -0.15) is 0 Å². The number of hydrogen-bond donors (Lipinski definition) is 0. The molecule has 0 aliphatic carbocycles. The summed E-state index contributed by atoms with van der Waals surface area (Å²) in [7, 11) is 0. The fourth-order valence-electron chi connectivity index (χ4n) is 2.16. The number of Topliss-reactive ketones (excluding diaryl/α,β-unsaturated/α-hetero) is 1. The van der Waals surface area contributed by atoms with Crippen LogP contribution in [0.1, 0.15) is 48.9 Å². The minimum atomic E-state index is -0.0145. The molecular formula is C18H22O3. The van der Waals surface area contributed by atoms with Crippen molar-refractivity contribution in [3.8, 4) is 5.75 Å². The molecular weight excluding hydrogens is 264 g/mol. The number of para-hydroxylation sites is 1. The summed E-state index contributed by atoms with van der Waals surface area (Å²) in [5.74, 6) is 2.28. The molecule has 0 aliphatic heterocycles. The Morgan fingerprint density at radius 2 is 1.76 bits per heavy atom. The van der Waals surface area contributed by atoms with E-state index >= 15 is 0 Å². The molecule has 0 fully saturated rings. The SMILES string of the molecule is CC(=O)c1ccc(CCCCCCOc2ccccc2)o1.